The molecule has 10 nitrogen and oxygen atoms in total. The molecule has 0 unspecified atom stereocenters. The van der Waals surface area contributed by atoms with Crippen LogP contribution < -0.4 is 26.6 Å². The summed E-state index contributed by atoms with van der Waals surface area (Å²) in [6, 6.07) is 4.61. The summed E-state index contributed by atoms with van der Waals surface area (Å²) >= 11 is 6.34. The van der Waals surface area contributed by atoms with E-state index in [-0.39, 0.29) is 51.7 Å². The standard InChI is InChI=1S/C23H22ClN5O5/c1-10(2)8-29-20-19(22(32)28-23(29)33)12(5-14(26-20)11-3-4-11)21(31)27-15-7-17-16(6-13(15)24)25-18(30)9-34-17/h5-7,10-11H,3-4,8-9H2,1-2H3,(H,25,30)(H,27,31)(H,28,32,33). The number of pyridine rings is 1. The first-order chi connectivity index (χ1) is 16.2. The van der Waals surface area contributed by atoms with Gasteiger partial charge in [-0.3, -0.25) is 23.9 Å². The largest absolute Gasteiger partial charge is 0.482 e. The lowest BCUT2D eigenvalue weighted by Gasteiger charge is -2.20. The van der Waals surface area contributed by atoms with Gasteiger partial charge < -0.3 is 15.4 Å². The lowest BCUT2D eigenvalue weighted by molar-refractivity contribution is -0.118. The van der Waals surface area contributed by atoms with Gasteiger partial charge >= 0.3 is 5.69 Å². The second kappa shape index (κ2) is 8.28. The van der Waals surface area contributed by atoms with Gasteiger partial charge in [0.2, 0.25) is 0 Å². The molecular formula is C23H22ClN5O5. The minimum atomic E-state index is -0.678. The lowest BCUT2D eigenvalue weighted by atomic mass is 10.1. The Balaban J connectivity index is 1.62. The van der Waals surface area contributed by atoms with E-state index in [1.165, 1.54) is 16.7 Å². The van der Waals surface area contributed by atoms with Crippen LogP contribution in [-0.4, -0.2) is 33.0 Å². The van der Waals surface area contributed by atoms with Crippen molar-refractivity contribution >= 4 is 45.8 Å². The zero-order valence-corrected chi connectivity index (χ0v) is 19.3. The molecule has 3 aromatic rings. The van der Waals surface area contributed by atoms with E-state index >= 15 is 0 Å². The predicted molar refractivity (Wildman–Crippen MR) is 127 cm³/mol. The molecule has 2 aromatic heterocycles. The number of rotatable bonds is 5. The number of aromatic amines is 1. The van der Waals surface area contributed by atoms with Gasteiger partial charge in [0.15, 0.2) is 12.3 Å². The third-order valence-corrected chi connectivity index (χ3v) is 6.02. The Morgan fingerprint density at radius 2 is 2.03 bits per heavy atom. The molecule has 34 heavy (non-hydrogen) atoms. The molecule has 2 amide bonds. The van der Waals surface area contributed by atoms with Crippen molar-refractivity contribution in [3.63, 3.8) is 0 Å². The summed E-state index contributed by atoms with van der Waals surface area (Å²) in [7, 11) is 0. The minimum Gasteiger partial charge on any atom is -0.482 e. The Hall–Kier alpha value is -3.66. The molecule has 3 N–H and O–H groups in total. The molecule has 0 radical (unpaired) electrons. The van der Waals surface area contributed by atoms with Crippen LogP contribution >= 0.6 is 11.6 Å². The molecule has 5 rings (SSSR count). The molecule has 1 fully saturated rings. The number of ether oxygens (including phenoxy) is 1. The Labute approximate surface area is 198 Å². The van der Waals surface area contributed by atoms with E-state index in [9.17, 15) is 19.2 Å². The highest BCUT2D eigenvalue weighted by atomic mass is 35.5. The highest BCUT2D eigenvalue weighted by molar-refractivity contribution is 6.34. The Morgan fingerprint density at radius 3 is 2.74 bits per heavy atom. The molecule has 11 heteroatoms. The monoisotopic (exact) mass is 483 g/mol. The number of amides is 2. The van der Waals surface area contributed by atoms with E-state index in [0.717, 1.165) is 12.8 Å². The van der Waals surface area contributed by atoms with Gasteiger partial charge in [0.1, 0.15) is 5.75 Å². The molecular weight excluding hydrogens is 462 g/mol. The van der Waals surface area contributed by atoms with Gasteiger partial charge in [0.05, 0.1) is 27.3 Å². The zero-order chi connectivity index (χ0) is 24.1. The molecule has 1 aliphatic carbocycles. The number of hydrogen-bond donors (Lipinski definition) is 3. The zero-order valence-electron chi connectivity index (χ0n) is 18.5. The van der Waals surface area contributed by atoms with Crippen molar-refractivity contribution in [2.75, 3.05) is 17.2 Å². The first-order valence-electron chi connectivity index (χ1n) is 11.0. The number of halogens is 1. The normalized spacial score (nSPS) is 15.1. The fraction of sp³-hybridized carbons (Fsp3) is 0.348. The van der Waals surface area contributed by atoms with Gasteiger partial charge in [0, 0.05) is 24.2 Å². The molecule has 0 spiro atoms. The van der Waals surface area contributed by atoms with Crippen molar-refractivity contribution < 1.29 is 14.3 Å². The van der Waals surface area contributed by atoms with Crippen molar-refractivity contribution in [1.29, 1.82) is 0 Å². The first-order valence-corrected chi connectivity index (χ1v) is 11.3. The molecule has 2 aliphatic rings. The number of anilines is 2. The van der Waals surface area contributed by atoms with E-state index in [2.05, 4.69) is 20.6 Å². The van der Waals surface area contributed by atoms with E-state index in [1.54, 1.807) is 6.07 Å². The number of benzene rings is 1. The third kappa shape index (κ3) is 4.05. The summed E-state index contributed by atoms with van der Waals surface area (Å²) in [5.41, 5.74) is 0.388. The van der Waals surface area contributed by atoms with Gasteiger partial charge in [0.25, 0.3) is 17.4 Å². The second-order valence-corrected chi connectivity index (χ2v) is 9.36. The summed E-state index contributed by atoms with van der Waals surface area (Å²) in [4.78, 5) is 57.3. The molecule has 0 atom stereocenters. The molecule has 176 valence electrons. The third-order valence-electron chi connectivity index (χ3n) is 5.71. The van der Waals surface area contributed by atoms with Gasteiger partial charge in [-0.2, -0.15) is 0 Å². The van der Waals surface area contributed by atoms with Crippen LogP contribution in [0.25, 0.3) is 11.0 Å². The first kappa shape index (κ1) is 22.1. The van der Waals surface area contributed by atoms with Gasteiger partial charge in [-0.25, -0.2) is 9.78 Å². The maximum atomic E-state index is 13.4. The predicted octanol–water partition coefficient (Wildman–Crippen LogP) is 2.85. The Morgan fingerprint density at radius 1 is 1.26 bits per heavy atom. The quantitative estimate of drug-likeness (QED) is 0.510. The summed E-state index contributed by atoms with van der Waals surface area (Å²) in [5.74, 6) is -0.215. The summed E-state index contributed by atoms with van der Waals surface area (Å²) in [6.45, 7) is 4.09. The average Bonchev–Trinajstić information content (AvgIpc) is 3.61. The Bertz CT molecular complexity index is 1470. The highest BCUT2D eigenvalue weighted by Gasteiger charge is 2.29. The molecule has 3 heterocycles. The number of fused-ring (bicyclic) bond motifs is 2. The van der Waals surface area contributed by atoms with Gasteiger partial charge in [-0.1, -0.05) is 25.4 Å². The van der Waals surface area contributed by atoms with E-state index in [4.69, 9.17) is 16.3 Å². The van der Waals surface area contributed by atoms with Crippen molar-refractivity contribution in [2.24, 2.45) is 5.92 Å². The van der Waals surface area contributed by atoms with Crippen LogP contribution in [0, 0.1) is 5.92 Å². The number of nitrogens with zero attached hydrogens (tertiary/aromatic N) is 2. The summed E-state index contributed by atoms with van der Waals surface area (Å²) in [6.07, 6.45) is 1.85. The molecule has 1 aromatic carbocycles. The highest BCUT2D eigenvalue weighted by Crippen LogP contribution is 2.40. The summed E-state index contributed by atoms with van der Waals surface area (Å²) < 4.78 is 6.82. The number of carbonyl (C=O) groups is 2. The summed E-state index contributed by atoms with van der Waals surface area (Å²) in [5, 5.41) is 5.61. The van der Waals surface area contributed by atoms with Crippen molar-refractivity contribution in [2.45, 2.75) is 39.2 Å². The van der Waals surface area contributed by atoms with Crippen molar-refractivity contribution in [3.05, 3.63) is 55.3 Å². The fourth-order valence-electron chi connectivity index (χ4n) is 3.98. The molecule has 1 saturated carbocycles. The van der Waals surface area contributed by atoms with Gasteiger partial charge in [-0.15, -0.1) is 0 Å². The maximum Gasteiger partial charge on any atom is 0.330 e. The van der Waals surface area contributed by atoms with Crippen LogP contribution in [0.2, 0.25) is 5.02 Å². The second-order valence-electron chi connectivity index (χ2n) is 8.95. The van der Waals surface area contributed by atoms with Gasteiger partial charge in [-0.05, 0) is 30.9 Å². The van der Waals surface area contributed by atoms with Crippen LogP contribution in [0.3, 0.4) is 0 Å². The SMILES string of the molecule is CC(C)Cn1c(=O)[nH]c(=O)c2c(C(=O)Nc3cc4c(cc3Cl)NC(=O)CO4)cc(C3CC3)nc21. The lowest BCUT2D eigenvalue weighted by Crippen LogP contribution is -2.33. The molecule has 1 aliphatic heterocycles. The van der Waals surface area contributed by atoms with Crippen LogP contribution in [0.4, 0.5) is 11.4 Å². The van der Waals surface area contributed by atoms with Crippen molar-refractivity contribution in [1.82, 2.24) is 14.5 Å². The van der Waals surface area contributed by atoms with E-state index < -0.39 is 17.2 Å². The minimum absolute atomic E-state index is 0.0414. The van der Waals surface area contributed by atoms with Crippen LogP contribution in [0.1, 0.15) is 48.7 Å². The number of nitrogens with one attached hydrogen (secondary N) is 3. The number of aromatic nitrogens is 3. The topological polar surface area (TPSA) is 135 Å². The smallest absolute Gasteiger partial charge is 0.330 e. The molecule has 0 saturated heterocycles. The number of hydrogen-bond acceptors (Lipinski definition) is 6. The van der Waals surface area contributed by atoms with Crippen LogP contribution in [0.15, 0.2) is 27.8 Å². The Kier molecular flexibility index (Phi) is 5.40. The number of H-pyrrole nitrogens is 1. The number of carbonyl (C=O) groups excluding carboxylic acids is 2. The van der Waals surface area contributed by atoms with Crippen LogP contribution in [-0.2, 0) is 11.3 Å². The van der Waals surface area contributed by atoms with E-state index in [0.29, 0.717) is 23.7 Å². The van der Waals surface area contributed by atoms with Crippen LogP contribution in [0.5, 0.6) is 5.75 Å². The average molecular weight is 484 g/mol. The van der Waals surface area contributed by atoms with Crippen molar-refractivity contribution in [3.8, 4) is 5.75 Å². The maximum absolute atomic E-state index is 13.4. The fourth-order valence-corrected chi connectivity index (χ4v) is 4.19. The van der Waals surface area contributed by atoms with E-state index in [1.807, 2.05) is 13.8 Å². The molecule has 0 bridgehead atoms.